The molecule has 0 aliphatic carbocycles. The van der Waals surface area contributed by atoms with Crippen molar-refractivity contribution in [3.63, 3.8) is 0 Å². The largest absolute Gasteiger partial charge is 0.416 e. The summed E-state index contributed by atoms with van der Waals surface area (Å²) in [5.41, 5.74) is 8.93. The Bertz CT molecular complexity index is 1330. The zero-order valence-electron chi connectivity index (χ0n) is 19.5. The Morgan fingerprint density at radius 2 is 2.06 bits per heavy atom. The lowest BCUT2D eigenvalue weighted by Gasteiger charge is -2.50. The summed E-state index contributed by atoms with van der Waals surface area (Å²) in [6.07, 6.45) is -3.46. The highest BCUT2D eigenvalue weighted by Gasteiger charge is 2.43. The fourth-order valence-corrected chi connectivity index (χ4v) is 4.84. The summed E-state index contributed by atoms with van der Waals surface area (Å²) in [6.45, 7) is 3.25. The second kappa shape index (κ2) is 8.88. The number of hydrogen-bond donors (Lipinski definition) is 3. The van der Waals surface area contributed by atoms with Gasteiger partial charge in [-0.25, -0.2) is 0 Å². The fraction of sp³-hybridized carbons (Fsp3) is 0.308. The number of anilines is 2. The molecule has 188 valence electrons. The number of pyridine rings is 1. The molecule has 2 atom stereocenters. The van der Waals surface area contributed by atoms with Crippen LogP contribution in [0.4, 0.5) is 24.5 Å². The maximum absolute atomic E-state index is 13.0. The average molecular weight is 499 g/mol. The Kier molecular flexibility index (Phi) is 5.98. The van der Waals surface area contributed by atoms with Crippen LogP contribution in [-0.4, -0.2) is 41.4 Å². The molecule has 2 unspecified atom stereocenters. The summed E-state index contributed by atoms with van der Waals surface area (Å²) in [6, 6.07) is 11.6. The number of carbonyl (C=O) groups excluding carboxylic acids is 1. The van der Waals surface area contributed by atoms with Crippen molar-refractivity contribution in [1.82, 2.24) is 4.98 Å². The van der Waals surface area contributed by atoms with Gasteiger partial charge >= 0.3 is 6.18 Å². The highest BCUT2D eigenvalue weighted by Crippen LogP contribution is 2.43. The Morgan fingerprint density at radius 1 is 1.25 bits per heavy atom. The number of aliphatic hydroxyl groups is 1. The van der Waals surface area contributed by atoms with Gasteiger partial charge < -0.3 is 25.8 Å². The average Bonchev–Trinajstić information content (AvgIpc) is 2.84. The van der Waals surface area contributed by atoms with Gasteiger partial charge in [0.1, 0.15) is 5.66 Å². The van der Waals surface area contributed by atoms with Crippen molar-refractivity contribution in [2.45, 2.75) is 31.3 Å². The third-order valence-corrected chi connectivity index (χ3v) is 6.68. The quantitative estimate of drug-likeness (QED) is 0.499. The number of ether oxygens (including phenoxy) is 1. The number of rotatable bonds is 3. The molecule has 7 nitrogen and oxygen atoms in total. The fourth-order valence-electron chi connectivity index (χ4n) is 4.84. The topological polar surface area (TPSA) is 101 Å². The van der Waals surface area contributed by atoms with Gasteiger partial charge in [0.05, 0.1) is 36.8 Å². The molecular weight excluding hydrogens is 473 g/mol. The highest BCUT2D eigenvalue weighted by molar-refractivity contribution is 6.04. The number of carbonyl (C=O) groups is 1. The number of nitrogens with two attached hydrogens (primary N) is 1. The van der Waals surface area contributed by atoms with Gasteiger partial charge in [-0.3, -0.25) is 9.78 Å². The van der Waals surface area contributed by atoms with Crippen LogP contribution in [0.1, 0.15) is 39.7 Å². The zero-order valence-corrected chi connectivity index (χ0v) is 19.5. The number of fused-ring (bicyclic) bond motifs is 3. The third kappa shape index (κ3) is 4.43. The molecule has 10 heteroatoms. The van der Waals surface area contributed by atoms with Crippen LogP contribution in [0.2, 0.25) is 0 Å². The Labute approximate surface area is 205 Å². The van der Waals surface area contributed by atoms with E-state index >= 15 is 0 Å². The van der Waals surface area contributed by atoms with Crippen LogP contribution in [0.25, 0.3) is 11.1 Å². The molecule has 3 aromatic rings. The molecule has 0 radical (unpaired) electrons. The van der Waals surface area contributed by atoms with E-state index in [0.29, 0.717) is 37.6 Å². The minimum atomic E-state index is -4.55. The van der Waals surface area contributed by atoms with Crippen molar-refractivity contribution < 1.29 is 27.8 Å². The van der Waals surface area contributed by atoms with Crippen LogP contribution >= 0.6 is 0 Å². The molecule has 1 aromatic heterocycles. The van der Waals surface area contributed by atoms with Crippen LogP contribution in [0.15, 0.2) is 54.7 Å². The number of nitrogens with one attached hydrogen (secondary N) is 1. The number of alkyl halides is 3. The molecule has 3 heterocycles. The third-order valence-electron chi connectivity index (χ3n) is 6.68. The van der Waals surface area contributed by atoms with Crippen molar-refractivity contribution in [3.8, 4) is 11.1 Å². The van der Waals surface area contributed by atoms with Crippen LogP contribution < -0.4 is 16.0 Å². The van der Waals surface area contributed by atoms with Crippen LogP contribution in [-0.2, 0) is 10.9 Å². The van der Waals surface area contributed by atoms with Crippen molar-refractivity contribution >= 4 is 17.3 Å². The minimum Gasteiger partial charge on any atom is -0.388 e. The first kappa shape index (κ1) is 24.2. The van der Waals surface area contributed by atoms with Gasteiger partial charge in [-0.05, 0) is 42.8 Å². The van der Waals surface area contributed by atoms with Gasteiger partial charge in [0.15, 0.2) is 0 Å². The van der Waals surface area contributed by atoms with Crippen molar-refractivity contribution in [3.05, 3.63) is 77.1 Å². The van der Waals surface area contributed by atoms with Gasteiger partial charge in [-0.15, -0.1) is 0 Å². The van der Waals surface area contributed by atoms with Crippen molar-refractivity contribution in [1.29, 1.82) is 0 Å². The SMILES string of the molecule is Cc1ncc(NC(=O)c2cccc(C(F)(F)F)c2)cc1-c1ccc2c(c1)N1CCOCC1(N)CC2O. The molecule has 2 aliphatic rings. The number of hydrogen-bond acceptors (Lipinski definition) is 6. The molecule has 5 rings (SSSR count). The summed E-state index contributed by atoms with van der Waals surface area (Å²) in [5, 5.41) is 13.3. The zero-order chi connectivity index (χ0) is 25.7. The van der Waals surface area contributed by atoms with E-state index in [-0.39, 0.29) is 5.56 Å². The molecule has 2 aromatic carbocycles. The van der Waals surface area contributed by atoms with E-state index in [1.807, 2.05) is 25.1 Å². The lowest BCUT2D eigenvalue weighted by atomic mass is 9.87. The first-order valence-corrected chi connectivity index (χ1v) is 11.5. The van der Waals surface area contributed by atoms with E-state index in [4.69, 9.17) is 10.5 Å². The molecule has 0 spiro atoms. The molecular formula is C26H25F3N4O3. The van der Waals surface area contributed by atoms with Crippen LogP contribution in [0, 0.1) is 6.92 Å². The smallest absolute Gasteiger partial charge is 0.388 e. The minimum absolute atomic E-state index is 0.110. The number of aliphatic hydroxyl groups excluding tert-OH is 1. The summed E-state index contributed by atoms with van der Waals surface area (Å²) in [5.74, 6) is -0.674. The second-order valence-electron chi connectivity index (χ2n) is 9.19. The maximum atomic E-state index is 13.0. The first-order valence-electron chi connectivity index (χ1n) is 11.5. The summed E-state index contributed by atoms with van der Waals surface area (Å²) >= 11 is 0. The maximum Gasteiger partial charge on any atom is 0.416 e. The summed E-state index contributed by atoms with van der Waals surface area (Å²) < 4.78 is 44.7. The highest BCUT2D eigenvalue weighted by atomic mass is 19.4. The van der Waals surface area contributed by atoms with Crippen LogP contribution in [0.3, 0.4) is 0 Å². The van der Waals surface area contributed by atoms with Gasteiger partial charge in [-0.1, -0.05) is 18.2 Å². The Morgan fingerprint density at radius 3 is 2.83 bits per heavy atom. The number of aromatic nitrogens is 1. The number of aryl methyl sites for hydroxylation is 1. The molecule has 0 bridgehead atoms. The summed E-state index contributed by atoms with van der Waals surface area (Å²) in [4.78, 5) is 19.1. The first-order chi connectivity index (χ1) is 17.0. The predicted molar refractivity (Wildman–Crippen MR) is 128 cm³/mol. The molecule has 1 fully saturated rings. The van der Waals surface area contributed by atoms with Crippen molar-refractivity contribution in [2.75, 3.05) is 30.0 Å². The lowest BCUT2D eigenvalue weighted by molar-refractivity contribution is -0.137. The van der Waals surface area contributed by atoms with Crippen LogP contribution in [0.5, 0.6) is 0 Å². The van der Waals surface area contributed by atoms with E-state index in [9.17, 15) is 23.1 Å². The molecule has 0 saturated carbocycles. The number of halogens is 3. The molecule has 2 aliphatic heterocycles. The molecule has 36 heavy (non-hydrogen) atoms. The number of morpholine rings is 1. The predicted octanol–water partition coefficient (Wildman–Crippen LogP) is 4.26. The number of amides is 1. The Balaban J connectivity index is 1.46. The number of benzene rings is 2. The van der Waals surface area contributed by atoms with Gasteiger partial charge in [-0.2, -0.15) is 13.2 Å². The van der Waals surface area contributed by atoms with E-state index < -0.39 is 29.4 Å². The number of nitrogens with zero attached hydrogens (tertiary/aromatic N) is 2. The normalized spacial score (nSPS) is 21.5. The lowest BCUT2D eigenvalue weighted by Crippen LogP contribution is -2.65. The summed E-state index contributed by atoms with van der Waals surface area (Å²) in [7, 11) is 0. The molecule has 1 saturated heterocycles. The molecule has 4 N–H and O–H groups in total. The van der Waals surface area contributed by atoms with E-state index in [1.165, 1.54) is 18.3 Å². The van der Waals surface area contributed by atoms with Gasteiger partial charge in [0.2, 0.25) is 0 Å². The van der Waals surface area contributed by atoms with Crippen molar-refractivity contribution in [2.24, 2.45) is 5.73 Å². The second-order valence-corrected chi connectivity index (χ2v) is 9.19. The van der Waals surface area contributed by atoms with E-state index in [1.54, 1.807) is 6.07 Å². The van der Waals surface area contributed by atoms with Gasteiger partial charge in [0.25, 0.3) is 5.91 Å². The van der Waals surface area contributed by atoms with E-state index in [2.05, 4.69) is 15.2 Å². The van der Waals surface area contributed by atoms with Gasteiger partial charge in [0, 0.05) is 41.0 Å². The Hall–Kier alpha value is -3.47. The standard InChI is InChI=1S/C26H25F3N4O3/c1-15-21(11-19(13-31-15)32-24(35)17-3-2-4-18(9-17)26(27,28)29)16-5-6-20-22(10-16)33-7-8-36-14-25(33,30)12-23(20)34/h2-6,9-11,13,23,34H,7-8,12,14,30H2,1H3,(H,32,35). The molecule has 1 amide bonds. The van der Waals surface area contributed by atoms with E-state index in [0.717, 1.165) is 34.5 Å². The monoisotopic (exact) mass is 498 g/mol.